The summed E-state index contributed by atoms with van der Waals surface area (Å²) in [5.74, 6) is 3.01. The van der Waals surface area contributed by atoms with Gasteiger partial charge in [-0.15, -0.1) is 0 Å². The number of para-hydroxylation sites is 1. The second kappa shape index (κ2) is 9.72. The molecule has 1 N–H and O–H groups in total. The average molecular weight is 435 g/mol. The number of hydrogen-bond donors (Lipinski definition) is 1. The molecule has 2 aromatic heterocycles. The first-order valence-electron chi connectivity index (χ1n) is 11.8. The van der Waals surface area contributed by atoms with E-state index in [4.69, 9.17) is 9.72 Å². The molecule has 32 heavy (non-hydrogen) atoms. The van der Waals surface area contributed by atoms with Crippen LogP contribution >= 0.6 is 0 Å². The fourth-order valence-electron chi connectivity index (χ4n) is 4.84. The number of nitrogens with zero attached hydrogens (tertiary/aromatic N) is 3. The average Bonchev–Trinajstić information content (AvgIpc) is 3.17. The van der Waals surface area contributed by atoms with Gasteiger partial charge in [0.15, 0.2) is 5.82 Å². The number of carbonyl (C=O) groups is 1. The summed E-state index contributed by atoms with van der Waals surface area (Å²) in [4.78, 5) is 17.9. The Morgan fingerprint density at radius 2 is 1.97 bits per heavy atom. The molecular formula is C26H34N4O2. The van der Waals surface area contributed by atoms with Crippen LogP contribution in [0.25, 0.3) is 16.7 Å². The summed E-state index contributed by atoms with van der Waals surface area (Å²) in [6.45, 7) is 6.23. The molecule has 3 aromatic rings. The lowest BCUT2D eigenvalue weighted by Gasteiger charge is -2.27. The molecule has 0 unspecified atom stereocenters. The number of hydrogen-bond acceptors (Lipinski definition) is 4. The van der Waals surface area contributed by atoms with Gasteiger partial charge in [0.2, 0.25) is 5.91 Å². The van der Waals surface area contributed by atoms with Crippen molar-refractivity contribution in [1.82, 2.24) is 14.8 Å². The van der Waals surface area contributed by atoms with Gasteiger partial charge in [-0.25, -0.2) is 4.98 Å². The minimum Gasteiger partial charge on any atom is -0.494 e. The monoisotopic (exact) mass is 434 g/mol. The summed E-state index contributed by atoms with van der Waals surface area (Å²) in [6.07, 6.45) is 8.09. The van der Waals surface area contributed by atoms with Crippen LogP contribution in [-0.2, 0) is 4.79 Å². The van der Waals surface area contributed by atoms with E-state index in [2.05, 4.69) is 24.3 Å². The van der Waals surface area contributed by atoms with Crippen molar-refractivity contribution in [3.05, 3.63) is 41.6 Å². The predicted octanol–water partition coefficient (Wildman–Crippen LogP) is 5.98. The maximum absolute atomic E-state index is 13.1. The molecule has 0 bridgehead atoms. The number of benzene rings is 1. The summed E-state index contributed by atoms with van der Waals surface area (Å²) < 4.78 is 7.26. The highest BCUT2D eigenvalue weighted by Crippen LogP contribution is 2.33. The fourth-order valence-corrected chi connectivity index (χ4v) is 4.84. The van der Waals surface area contributed by atoms with Gasteiger partial charge < -0.3 is 10.1 Å². The van der Waals surface area contributed by atoms with Gasteiger partial charge in [-0.3, -0.25) is 4.79 Å². The molecule has 1 amide bonds. The summed E-state index contributed by atoms with van der Waals surface area (Å²) in [5, 5.41) is 8.81. The highest BCUT2D eigenvalue weighted by atomic mass is 16.5. The standard InChI is InChI=1S/C26H34N4O2/c1-5-6-8-19-11-13-20(14-12-19)26(31)28-24-16-18(3)29-30(24)23-15-17(2)21-9-7-10-22(32-4)25(21)27-23/h7,9-10,15-16,19-20H,5-6,8,11-14H2,1-4H3,(H,28,31). The lowest BCUT2D eigenvalue weighted by atomic mass is 9.79. The van der Waals surface area contributed by atoms with E-state index in [0.29, 0.717) is 11.6 Å². The lowest BCUT2D eigenvalue weighted by Crippen LogP contribution is -2.28. The number of unbranched alkanes of at least 4 members (excludes halogenated alkanes) is 1. The molecule has 0 spiro atoms. The van der Waals surface area contributed by atoms with Crippen molar-refractivity contribution < 1.29 is 9.53 Å². The molecular weight excluding hydrogens is 400 g/mol. The molecule has 1 aromatic carbocycles. The number of pyridine rings is 1. The largest absolute Gasteiger partial charge is 0.494 e. The third-order valence-electron chi connectivity index (χ3n) is 6.70. The van der Waals surface area contributed by atoms with E-state index in [1.54, 1.807) is 11.8 Å². The number of aromatic nitrogens is 3. The van der Waals surface area contributed by atoms with Crippen molar-refractivity contribution in [2.75, 3.05) is 12.4 Å². The van der Waals surface area contributed by atoms with E-state index < -0.39 is 0 Å². The Morgan fingerprint density at radius 1 is 1.19 bits per heavy atom. The van der Waals surface area contributed by atoms with Crippen molar-refractivity contribution in [2.45, 2.75) is 65.7 Å². The Morgan fingerprint density at radius 3 is 2.69 bits per heavy atom. The number of carbonyl (C=O) groups excluding carboxylic acids is 1. The zero-order chi connectivity index (χ0) is 22.7. The third kappa shape index (κ3) is 4.64. The van der Waals surface area contributed by atoms with Crippen LogP contribution < -0.4 is 10.1 Å². The second-order valence-electron chi connectivity index (χ2n) is 9.09. The SMILES string of the molecule is CCCCC1CCC(C(=O)Nc2cc(C)nn2-c2cc(C)c3cccc(OC)c3n2)CC1. The predicted molar refractivity (Wildman–Crippen MR) is 128 cm³/mol. The Labute approximate surface area is 190 Å². The van der Waals surface area contributed by atoms with Crippen LogP contribution in [0.2, 0.25) is 0 Å². The smallest absolute Gasteiger partial charge is 0.228 e. The fraction of sp³-hybridized carbons (Fsp3) is 0.500. The van der Waals surface area contributed by atoms with E-state index in [1.807, 2.05) is 37.3 Å². The first kappa shape index (κ1) is 22.3. The van der Waals surface area contributed by atoms with Crippen LogP contribution in [0.3, 0.4) is 0 Å². The Bertz CT molecular complexity index is 1100. The summed E-state index contributed by atoms with van der Waals surface area (Å²) in [7, 11) is 1.65. The molecule has 1 saturated carbocycles. The van der Waals surface area contributed by atoms with E-state index in [9.17, 15) is 4.79 Å². The first-order chi connectivity index (χ1) is 15.5. The Hall–Kier alpha value is -2.89. The van der Waals surface area contributed by atoms with Crippen molar-refractivity contribution >= 4 is 22.6 Å². The molecule has 6 nitrogen and oxygen atoms in total. The molecule has 0 radical (unpaired) electrons. The maximum Gasteiger partial charge on any atom is 0.228 e. The normalized spacial score (nSPS) is 18.6. The minimum atomic E-state index is 0.0722. The van der Waals surface area contributed by atoms with E-state index in [-0.39, 0.29) is 11.8 Å². The van der Waals surface area contributed by atoms with E-state index in [1.165, 1.54) is 19.3 Å². The third-order valence-corrected chi connectivity index (χ3v) is 6.70. The molecule has 170 valence electrons. The summed E-state index contributed by atoms with van der Waals surface area (Å²) in [6, 6.07) is 9.83. The number of rotatable bonds is 7. The highest BCUT2D eigenvalue weighted by molar-refractivity contribution is 5.92. The Balaban J connectivity index is 1.56. The number of amides is 1. The topological polar surface area (TPSA) is 69.0 Å². The molecule has 6 heteroatoms. The summed E-state index contributed by atoms with van der Waals surface area (Å²) >= 11 is 0. The van der Waals surface area contributed by atoms with Gasteiger partial charge in [-0.1, -0.05) is 38.3 Å². The van der Waals surface area contributed by atoms with Gasteiger partial charge >= 0.3 is 0 Å². The van der Waals surface area contributed by atoms with Gasteiger partial charge in [0.1, 0.15) is 17.1 Å². The zero-order valence-corrected chi connectivity index (χ0v) is 19.6. The van der Waals surface area contributed by atoms with E-state index in [0.717, 1.165) is 59.5 Å². The minimum absolute atomic E-state index is 0.0722. The lowest BCUT2D eigenvalue weighted by molar-refractivity contribution is -0.121. The van der Waals surface area contributed by atoms with Crippen LogP contribution in [0.1, 0.15) is 63.1 Å². The molecule has 2 heterocycles. The first-order valence-corrected chi connectivity index (χ1v) is 11.8. The number of fused-ring (bicyclic) bond motifs is 1. The quantitative estimate of drug-likeness (QED) is 0.496. The van der Waals surface area contributed by atoms with Gasteiger partial charge in [-0.2, -0.15) is 9.78 Å². The molecule has 1 aliphatic rings. The highest BCUT2D eigenvalue weighted by Gasteiger charge is 2.27. The number of nitrogens with one attached hydrogen (secondary N) is 1. The van der Waals surface area contributed by atoms with Crippen molar-refractivity contribution in [3.63, 3.8) is 0 Å². The van der Waals surface area contributed by atoms with Crippen LogP contribution in [0.5, 0.6) is 5.75 Å². The molecule has 0 aliphatic heterocycles. The molecule has 1 fully saturated rings. The Kier molecular flexibility index (Phi) is 6.77. The van der Waals surface area contributed by atoms with Gasteiger partial charge in [0.05, 0.1) is 12.8 Å². The van der Waals surface area contributed by atoms with Crippen LogP contribution in [0, 0.1) is 25.7 Å². The number of ether oxygens (including phenoxy) is 1. The molecule has 0 atom stereocenters. The molecule has 4 rings (SSSR count). The summed E-state index contributed by atoms with van der Waals surface area (Å²) in [5.41, 5.74) is 2.71. The molecule has 1 aliphatic carbocycles. The van der Waals surface area contributed by atoms with Gasteiger partial charge in [0.25, 0.3) is 0 Å². The van der Waals surface area contributed by atoms with Gasteiger partial charge in [-0.05, 0) is 63.1 Å². The van der Waals surface area contributed by atoms with Crippen molar-refractivity contribution in [1.29, 1.82) is 0 Å². The zero-order valence-electron chi connectivity index (χ0n) is 19.6. The number of anilines is 1. The second-order valence-corrected chi connectivity index (χ2v) is 9.09. The number of aryl methyl sites for hydroxylation is 2. The van der Waals surface area contributed by atoms with Crippen LogP contribution in [0.4, 0.5) is 5.82 Å². The van der Waals surface area contributed by atoms with E-state index >= 15 is 0 Å². The maximum atomic E-state index is 13.1. The number of methoxy groups -OCH3 is 1. The molecule has 0 saturated heterocycles. The van der Waals surface area contributed by atoms with Crippen LogP contribution in [0.15, 0.2) is 30.3 Å². The van der Waals surface area contributed by atoms with Gasteiger partial charge in [0, 0.05) is 17.4 Å². The van der Waals surface area contributed by atoms with Crippen molar-refractivity contribution in [3.8, 4) is 11.6 Å². The van der Waals surface area contributed by atoms with Crippen LogP contribution in [-0.4, -0.2) is 27.8 Å². The van der Waals surface area contributed by atoms with Crippen molar-refractivity contribution in [2.24, 2.45) is 11.8 Å².